The molecule has 0 aliphatic heterocycles. The Morgan fingerprint density at radius 1 is 1.00 bits per heavy atom. The minimum Gasteiger partial charge on any atom is -0.370 e. The fourth-order valence-electron chi connectivity index (χ4n) is 2.57. The van der Waals surface area contributed by atoms with Gasteiger partial charge in [0.15, 0.2) is 5.78 Å². The van der Waals surface area contributed by atoms with Crippen molar-refractivity contribution in [3.8, 4) is 0 Å². The van der Waals surface area contributed by atoms with E-state index in [9.17, 15) is 4.79 Å². The van der Waals surface area contributed by atoms with Gasteiger partial charge < -0.3 is 4.90 Å². The molecule has 0 aromatic heterocycles. The van der Waals surface area contributed by atoms with Crippen LogP contribution in [0.25, 0.3) is 0 Å². The summed E-state index contributed by atoms with van der Waals surface area (Å²) in [5, 5.41) is 0. The molecule has 0 saturated heterocycles. The molecule has 0 unspecified atom stereocenters. The van der Waals surface area contributed by atoms with Crippen molar-refractivity contribution < 1.29 is 4.79 Å². The first-order chi connectivity index (χ1) is 10.3. The molecule has 0 bridgehead atoms. The summed E-state index contributed by atoms with van der Waals surface area (Å²) < 4.78 is 0. The third kappa shape index (κ3) is 3.76. The lowest BCUT2D eigenvalue weighted by Crippen LogP contribution is -2.19. The lowest BCUT2D eigenvalue weighted by atomic mass is 9.87. The molecule has 116 valence electrons. The first-order valence-corrected chi connectivity index (χ1v) is 7.69. The summed E-state index contributed by atoms with van der Waals surface area (Å²) in [4.78, 5) is 13.9. The molecule has 0 saturated carbocycles. The van der Waals surface area contributed by atoms with Crippen molar-refractivity contribution in [2.24, 2.45) is 0 Å². The first kappa shape index (κ1) is 16.3. The van der Waals surface area contributed by atoms with Crippen molar-refractivity contribution in [3.63, 3.8) is 0 Å². The van der Waals surface area contributed by atoms with Gasteiger partial charge in [-0.05, 0) is 35.6 Å². The van der Waals surface area contributed by atoms with Gasteiger partial charge in [-0.1, -0.05) is 57.2 Å². The van der Waals surface area contributed by atoms with E-state index in [1.807, 2.05) is 31.3 Å². The highest BCUT2D eigenvalue weighted by Gasteiger charge is 2.14. The maximum absolute atomic E-state index is 11.8. The van der Waals surface area contributed by atoms with Crippen LogP contribution in [0.4, 0.5) is 5.69 Å². The molecule has 0 heterocycles. The van der Waals surface area contributed by atoms with E-state index in [2.05, 4.69) is 49.9 Å². The largest absolute Gasteiger partial charge is 0.370 e. The van der Waals surface area contributed by atoms with Crippen LogP contribution in [0.3, 0.4) is 0 Å². The van der Waals surface area contributed by atoms with E-state index in [1.54, 1.807) is 6.92 Å². The van der Waals surface area contributed by atoms with Gasteiger partial charge >= 0.3 is 0 Å². The lowest BCUT2D eigenvalue weighted by Gasteiger charge is -2.23. The summed E-state index contributed by atoms with van der Waals surface area (Å²) in [6.07, 6.45) is 0. The van der Waals surface area contributed by atoms with Crippen LogP contribution in [0.2, 0.25) is 0 Å². The highest BCUT2D eigenvalue weighted by Crippen LogP contribution is 2.24. The normalized spacial score (nSPS) is 11.3. The zero-order valence-corrected chi connectivity index (χ0v) is 14.2. The number of rotatable bonds is 4. The summed E-state index contributed by atoms with van der Waals surface area (Å²) in [5.74, 6) is 0.102. The van der Waals surface area contributed by atoms with E-state index >= 15 is 0 Å². The van der Waals surface area contributed by atoms with Crippen molar-refractivity contribution in [2.45, 2.75) is 39.7 Å². The van der Waals surface area contributed by atoms with E-state index in [1.165, 1.54) is 11.1 Å². The maximum atomic E-state index is 11.8. The van der Waals surface area contributed by atoms with E-state index in [4.69, 9.17) is 0 Å². The lowest BCUT2D eigenvalue weighted by molar-refractivity contribution is 0.101. The van der Waals surface area contributed by atoms with Crippen LogP contribution >= 0.6 is 0 Å². The van der Waals surface area contributed by atoms with Gasteiger partial charge in [-0.25, -0.2) is 0 Å². The molecule has 0 fully saturated rings. The smallest absolute Gasteiger partial charge is 0.161 e. The Kier molecular flexibility index (Phi) is 4.70. The number of nitrogens with zero attached hydrogens (tertiary/aromatic N) is 1. The molecule has 2 aromatic rings. The quantitative estimate of drug-likeness (QED) is 0.753. The molecule has 0 aliphatic carbocycles. The molecule has 0 spiro atoms. The van der Waals surface area contributed by atoms with Gasteiger partial charge in [0.2, 0.25) is 0 Å². The number of Topliss-reactive ketones (excluding diaryl/α,β-unsaturated/α-hetero) is 1. The average Bonchev–Trinajstić information content (AvgIpc) is 2.46. The number of benzene rings is 2. The van der Waals surface area contributed by atoms with Crippen molar-refractivity contribution in [1.82, 2.24) is 0 Å². The Labute approximate surface area is 133 Å². The molecule has 0 atom stereocenters. The maximum Gasteiger partial charge on any atom is 0.161 e. The van der Waals surface area contributed by atoms with Gasteiger partial charge in [-0.3, -0.25) is 4.79 Å². The Bertz CT molecular complexity index is 650. The summed E-state index contributed by atoms with van der Waals surface area (Å²) in [6.45, 7) is 9.06. The Morgan fingerprint density at radius 2 is 1.59 bits per heavy atom. The van der Waals surface area contributed by atoms with Crippen LogP contribution < -0.4 is 4.90 Å². The number of hydrogen-bond acceptors (Lipinski definition) is 2. The molecule has 2 nitrogen and oxygen atoms in total. The van der Waals surface area contributed by atoms with E-state index < -0.39 is 0 Å². The van der Waals surface area contributed by atoms with E-state index in [-0.39, 0.29) is 11.2 Å². The molecule has 2 rings (SSSR count). The number of para-hydroxylation sites is 1. The predicted octanol–water partition coefficient (Wildman–Crippen LogP) is 4.82. The zero-order chi connectivity index (χ0) is 16.3. The minimum absolute atomic E-state index is 0.102. The van der Waals surface area contributed by atoms with Crippen LogP contribution in [0.1, 0.15) is 49.2 Å². The van der Waals surface area contributed by atoms with Gasteiger partial charge in [0, 0.05) is 24.8 Å². The topological polar surface area (TPSA) is 20.3 Å². The second kappa shape index (κ2) is 6.35. The number of carbonyl (C=O) groups is 1. The van der Waals surface area contributed by atoms with E-state index in [0.29, 0.717) is 0 Å². The highest BCUT2D eigenvalue weighted by atomic mass is 16.1. The SMILES string of the molecule is CC(=O)c1ccccc1N(C)Cc1ccc(C(C)(C)C)cc1. The van der Waals surface area contributed by atoms with Gasteiger partial charge in [-0.2, -0.15) is 0 Å². The van der Waals surface area contributed by atoms with Gasteiger partial charge in [0.25, 0.3) is 0 Å². The molecule has 0 aliphatic rings. The summed E-state index contributed by atoms with van der Waals surface area (Å²) in [6, 6.07) is 16.5. The molecule has 0 amide bonds. The van der Waals surface area contributed by atoms with Crippen LogP contribution in [0, 0.1) is 0 Å². The molecular formula is C20H25NO. The fraction of sp³-hybridized carbons (Fsp3) is 0.350. The first-order valence-electron chi connectivity index (χ1n) is 7.69. The number of hydrogen-bond donors (Lipinski definition) is 0. The minimum atomic E-state index is 0.102. The average molecular weight is 295 g/mol. The van der Waals surface area contributed by atoms with Crippen molar-refractivity contribution in [2.75, 3.05) is 11.9 Å². The standard InChI is InChI=1S/C20H25NO/c1-15(22)18-8-6-7-9-19(18)21(5)14-16-10-12-17(13-11-16)20(2,3)4/h6-13H,14H2,1-5H3. The molecule has 2 aromatic carbocycles. The number of carbonyl (C=O) groups excluding carboxylic acids is 1. The zero-order valence-electron chi connectivity index (χ0n) is 14.2. The van der Waals surface area contributed by atoms with Crippen molar-refractivity contribution in [3.05, 3.63) is 65.2 Å². The van der Waals surface area contributed by atoms with Crippen molar-refractivity contribution in [1.29, 1.82) is 0 Å². The van der Waals surface area contributed by atoms with Crippen LogP contribution in [-0.4, -0.2) is 12.8 Å². The summed E-state index contributed by atoms with van der Waals surface area (Å²) in [5.41, 5.74) is 4.51. The van der Waals surface area contributed by atoms with Gasteiger partial charge in [0.1, 0.15) is 0 Å². The van der Waals surface area contributed by atoms with Gasteiger partial charge in [-0.15, -0.1) is 0 Å². The fourth-order valence-corrected chi connectivity index (χ4v) is 2.57. The van der Waals surface area contributed by atoms with Crippen LogP contribution in [0.5, 0.6) is 0 Å². The van der Waals surface area contributed by atoms with Crippen molar-refractivity contribution >= 4 is 11.5 Å². The summed E-state index contributed by atoms with van der Waals surface area (Å²) in [7, 11) is 2.03. The molecular weight excluding hydrogens is 270 g/mol. The predicted molar refractivity (Wildman–Crippen MR) is 93.7 cm³/mol. The third-order valence-electron chi connectivity index (χ3n) is 3.93. The molecule has 0 N–H and O–H groups in total. The Hall–Kier alpha value is -2.09. The monoisotopic (exact) mass is 295 g/mol. The third-order valence-corrected chi connectivity index (χ3v) is 3.93. The Morgan fingerprint density at radius 3 is 2.14 bits per heavy atom. The second-order valence-corrected chi connectivity index (χ2v) is 6.88. The molecule has 22 heavy (non-hydrogen) atoms. The Balaban J connectivity index is 2.19. The number of ketones is 1. The van der Waals surface area contributed by atoms with Crippen LogP contribution in [-0.2, 0) is 12.0 Å². The molecule has 0 radical (unpaired) electrons. The van der Waals surface area contributed by atoms with E-state index in [0.717, 1.165) is 17.8 Å². The molecule has 2 heteroatoms. The van der Waals surface area contributed by atoms with Gasteiger partial charge in [0.05, 0.1) is 0 Å². The van der Waals surface area contributed by atoms with Crippen LogP contribution in [0.15, 0.2) is 48.5 Å². The second-order valence-electron chi connectivity index (χ2n) is 6.88. The summed E-state index contributed by atoms with van der Waals surface area (Å²) >= 11 is 0. The highest BCUT2D eigenvalue weighted by molar-refractivity contribution is 5.99. The number of anilines is 1.